The summed E-state index contributed by atoms with van der Waals surface area (Å²) in [5.41, 5.74) is 0.865. The second kappa shape index (κ2) is 9.47. The van der Waals surface area contributed by atoms with Crippen molar-refractivity contribution in [3.05, 3.63) is 57.8 Å². The molecule has 0 spiro atoms. The first-order valence-corrected chi connectivity index (χ1v) is 10.1. The molecule has 1 unspecified atom stereocenters. The van der Waals surface area contributed by atoms with E-state index in [1.54, 1.807) is 37.3 Å². The molecule has 3 aromatic rings. The second-order valence-electron chi connectivity index (χ2n) is 7.05. The molecule has 0 saturated carbocycles. The first-order chi connectivity index (χ1) is 14.3. The quantitative estimate of drug-likeness (QED) is 0.508. The van der Waals surface area contributed by atoms with Gasteiger partial charge in [0, 0.05) is 41.8 Å². The van der Waals surface area contributed by atoms with Crippen LogP contribution in [-0.4, -0.2) is 45.8 Å². The Morgan fingerprint density at radius 2 is 1.97 bits per heavy atom. The molecule has 2 heterocycles. The molecule has 9 heteroatoms. The molecule has 0 aliphatic rings. The number of aliphatic hydroxyl groups is 1. The van der Waals surface area contributed by atoms with Crippen LogP contribution in [-0.2, 0) is 6.54 Å². The van der Waals surface area contributed by atoms with E-state index in [1.807, 2.05) is 11.9 Å². The number of hydrogen-bond donors (Lipinski definition) is 3. The first-order valence-electron chi connectivity index (χ1n) is 9.36. The zero-order chi connectivity index (χ0) is 21.8. The molecule has 1 aromatic carbocycles. The molecule has 0 bridgehead atoms. The van der Waals surface area contributed by atoms with Gasteiger partial charge >= 0.3 is 0 Å². The summed E-state index contributed by atoms with van der Waals surface area (Å²) >= 11 is 12.0. The lowest BCUT2D eigenvalue weighted by Crippen LogP contribution is -2.27. The van der Waals surface area contributed by atoms with E-state index in [1.165, 1.54) is 6.20 Å². The Kier molecular flexibility index (Phi) is 6.97. The number of aromatic hydroxyl groups is 1. The Labute approximate surface area is 184 Å². The number of halogens is 2. The van der Waals surface area contributed by atoms with Gasteiger partial charge in [0.25, 0.3) is 5.91 Å². The maximum atomic E-state index is 12.8. The number of carbonyl (C=O) groups excluding carboxylic acids is 1. The molecule has 3 N–H and O–H groups in total. The van der Waals surface area contributed by atoms with Crippen LogP contribution in [0.2, 0.25) is 10.0 Å². The maximum Gasteiger partial charge on any atom is 0.274 e. The topological polar surface area (TPSA) is 98.6 Å². The lowest BCUT2D eigenvalue weighted by molar-refractivity contribution is 0.0943. The number of pyridine rings is 2. The van der Waals surface area contributed by atoms with Crippen LogP contribution in [0.3, 0.4) is 0 Å². The predicted molar refractivity (Wildman–Crippen MR) is 118 cm³/mol. The minimum Gasteiger partial charge on any atom is -0.504 e. The summed E-state index contributed by atoms with van der Waals surface area (Å²) in [4.78, 5) is 23.3. The van der Waals surface area contributed by atoms with Crippen LogP contribution in [0, 0.1) is 0 Å². The van der Waals surface area contributed by atoms with E-state index in [2.05, 4.69) is 15.3 Å². The van der Waals surface area contributed by atoms with Gasteiger partial charge in [-0.05, 0) is 49.2 Å². The molecule has 1 amide bonds. The summed E-state index contributed by atoms with van der Waals surface area (Å²) in [5.74, 6) is -0.353. The highest BCUT2D eigenvalue weighted by molar-refractivity contribution is 6.34. The number of benzene rings is 1. The van der Waals surface area contributed by atoms with Crippen molar-refractivity contribution >= 4 is 45.8 Å². The van der Waals surface area contributed by atoms with E-state index in [9.17, 15) is 15.0 Å². The molecule has 2 aromatic heterocycles. The van der Waals surface area contributed by atoms with Crippen LogP contribution >= 0.6 is 23.2 Å². The highest BCUT2D eigenvalue weighted by Crippen LogP contribution is 2.32. The smallest absolute Gasteiger partial charge is 0.274 e. The molecular formula is C21H22Cl2N4O3. The number of amides is 1. The molecule has 0 aliphatic carbocycles. The van der Waals surface area contributed by atoms with Crippen LogP contribution in [0.25, 0.3) is 10.9 Å². The maximum absolute atomic E-state index is 12.8. The third-order valence-electron chi connectivity index (χ3n) is 4.55. The zero-order valence-electron chi connectivity index (χ0n) is 16.6. The van der Waals surface area contributed by atoms with Gasteiger partial charge in [-0.25, -0.2) is 4.98 Å². The van der Waals surface area contributed by atoms with Crippen molar-refractivity contribution in [3.8, 4) is 5.75 Å². The molecule has 0 radical (unpaired) electrons. The lowest BCUT2D eigenvalue weighted by atomic mass is 10.1. The van der Waals surface area contributed by atoms with Crippen LogP contribution in [0.15, 0.2) is 36.5 Å². The van der Waals surface area contributed by atoms with E-state index < -0.39 is 12.0 Å². The van der Waals surface area contributed by atoms with Gasteiger partial charge in [0.2, 0.25) is 0 Å². The van der Waals surface area contributed by atoms with Crippen LogP contribution in [0.1, 0.15) is 29.4 Å². The number of nitrogens with one attached hydrogen (secondary N) is 1. The summed E-state index contributed by atoms with van der Waals surface area (Å²) in [6.07, 6.45) is 1.59. The Morgan fingerprint density at radius 3 is 2.63 bits per heavy atom. The van der Waals surface area contributed by atoms with E-state index in [0.717, 1.165) is 0 Å². The summed E-state index contributed by atoms with van der Waals surface area (Å²) in [6.45, 7) is 2.38. The van der Waals surface area contributed by atoms with Gasteiger partial charge in [-0.3, -0.25) is 9.78 Å². The number of rotatable bonds is 7. The van der Waals surface area contributed by atoms with Crippen molar-refractivity contribution in [2.75, 3.05) is 18.5 Å². The van der Waals surface area contributed by atoms with Gasteiger partial charge in [0.05, 0.1) is 6.10 Å². The Balaban J connectivity index is 1.92. The molecule has 0 aliphatic heterocycles. The highest BCUT2D eigenvalue weighted by atomic mass is 35.5. The molecule has 0 fully saturated rings. The van der Waals surface area contributed by atoms with Gasteiger partial charge in [-0.2, -0.15) is 0 Å². The lowest BCUT2D eigenvalue weighted by Gasteiger charge is -2.22. The molecular weight excluding hydrogens is 427 g/mol. The van der Waals surface area contributed by atoms with Gasteiger partial charge < -0.3 is 20.4 Å². The first kappa shape index (κ1) is 22.1. The monoisotopic (exact) mass is 448 g/mol. The fourth-order valence-corrected chi connectivity index (χ4v) is 3.59. The van der Waals surface area contributed by atoms with Crippen LogP contribution in [0.4, 0.5) is 5.82 Å². The van der Waals surface area contributed by atoms with Gasteiger partial charge in [-0.1, -0.05) is 23.2 Å². The average Bonchev–Trinajstić information content (AvgIpc) is 2.70. The SMILES string of the molecule is CC(O)CCN(C)c1nc(C(=O)NCc2cc(Cl)cc(Cl)c2)c(O)c2ncccc12. The van der Waals surface area contributed by atoms with Crippen LogP contribution in [0.5, 0.6) is 5.75 Å². The Morgan fingerprint density at radius 1 is 1.27 bits per heavy atom. The van der Waals surface area contributed by atoms with Crippen molar-refractivity contribution in [2.45, 2.75) is 26.0 Å². The average molecular weight is 449 g/mol. The van der Waals surface area contributed by atoms with E-state index in [-0.39, 0.29) is 23.5 Å². The van der Waals surface area contributed by atoms with Gasteiger partial charge in [-0.15, -0.1) is 0 Å². The number of anilines is 1. The van der Waals surface area contributed by atoms with Crippen molar-refractivity contribution in [2.24, 2.45) is 0 Å². The third kappa shape index (κ3) is 5.11. The van der Waals surface area contributed by atoms with Gasteiger partial charge in [0.15, 0.2) is 11.4 Å². The minimum absolute atomic E-state index is 0.131. The zero-order valence-corrected chi connectivity index (χ0v) is 18.1. The molecule has 1 atom stereocenters. The summed E-state index contributed by atoms with van der Waals surface area (Å²) in [6, 6.07) is 8.50. The van der Waals surface area contributed by atoms with Crippen molar-refractivity contribution < 1.29 is 15.0 Å². The normalized spacial score (nSPS) is 12.0. The van der Waals surface area contributed by atoms with Crippen molar-refractivity contribution in [1.82, 2.24) is 15.3 Å². The largest absolute Gasteiger partial charge is 0.504 e. The standard InChI is InChI=1S/C21H22Cl2N4O3/c1-12(28)5-7-27(2)20-16-4-3-6-24-17(16)19(29)18(26-20)21(30)25-11-13-8-14(22)10-15(23)9-13/h3-4,6,8-10,12,28-29H,5,7,11H2,1-2H3,(H,25,30). The van der Waals surface area contributed by atoms with E-state index in [4.69, 9.17) is 23.2 Å². The van der Waals surface area contributed by atoms with E-state index >= 15 is 0 Å². The Bertz CT molecular complexity index is 1060. The van der Waals surface area contributed by atoms with E-state index in [0.29, 0.717) is 39.8 Å². The summed E-state index contributed by atoms with van der Waals surface area (Å²) in [7, 11) is 1.81. The number of aliphatic hydroxyl groups excluding tert-OH is 1. The number of carbonyl (C=O) groups is 1. The Hall–Kier alpha value is -2.61. The number of nitrogens with zero attached hydrogens (tertiary/aromatic N) is 3. The summed E-state index contributed by atoms with van der Waals surface area (Å²) in [5, 5.41) is 24.5. The number of fused-ring (bicyclic) bond motifs is 1. The second-order valence-corrected chi connectivity index (χ2v) is 7.92. The highest BCUT2D eigenvalue weighted by Gasteiger charge is 2.21. The fraction of sp³-hybridized carbons (Fsp3) is 0.286. The molecule has 0 saturated heterocycles. The van der Waals surface area contributed by atoms with Crippen molar-refractivity contribution in [3.63, 3.8) is 0 Å². The number of hydrogen-bond acceptors (Lipinski definition) is 6. The molecule has 30 heavy (non-hydrogen) atoms. The molecule has 3 rings (SSSR count). The fourth-order valence-electron chi connectivity index (χ4n) is 3.02. The van der Waals surface area contributed by atoms with Crippen LogP contribution < -0.4 is 10.2 Å². The predicted octanol–water partition coefficient (Wildman–Crippen LogP) is 3.78. The third-order valence-corrected chi connectivity index (χ3v) is 4.99. The minimum atomic E-state index is -0.554. The van der Waals surface area contributed by atoms with Gasteiger partial charge in [0.1, 0.15) is 11.3 Å². The molecule has 7 nitrogen and oxygen atoms in total. The summed E-state index contributed by atoms with van der Waals surface area (Å²) < 4.78 is 0. The molecule has 158 valence electrons. The number of aromatic nitrogens is 2. The van der Waals surface area contributed by atoms with Crippen molar-refractivity contribution in [1.29, 1.82) is 0 Å².